The van der Waals surface area contributed by atoms with Gasteiger partial charge in [0.05, 0.1) is 11.4 Å². The van der Waals surface area contributed by atoms with Crippen molar-refractivity contribution in [3.05, 3.63) is 71.4 Å². The molecule has 1 aromatic heterocycles. The summed E-state index contributed by atoms with van der Waals surface area (Å²) in [6, 6.07) is 16.8. The fraction of sp³-hybridized carbons (Fsp3) is 0.320. The number of rotatable bonds is 6. The van der Waals surface area contributed by atoms with E-state index in [1.54, 1.807) is 24.3 Å². The lowest BCUT2D eigenvalue weighted by atomic mass is 9.91. The van der Waals surface area contributed by atoms with E-state index in [1.165, 1.54) is 0 Å². The molecule has 3 N–H and O–H groups in total. The van der Waals surface area contributed by atoms with Crippen LogP contribution in [0.25, 0.3) is 10.9 Å². The Kier molecular flexibility index (Phi) is 6.37. The molecule has 0 radical (unpaired) electrons. The third kappa shape index (κ3) is 4.89. The lowest BCUT2D eigenvalue weighted by Gasteiger charge is -2.35. The number of nitrogens with zero attached hydrogens (tertiary/aromatic N) is 2. The number of piperidine rings is 1. The predicted octanol–water partition coefficient (Wildman–Crippen LogP) is 2.66. The molecule has 2 unspecified atom stereocenters. The molecule has 3 aromatic rings. The van der Waals surface area contributed by atoms with Crippen molar-refractivity contribution < 1.29 is 14.3 Å². The third-order valence-corrected chi connectivity index (χ3v) is 5.94. The van der Waals surface area contributed by atoms with E-state index in [0.29, 0.717) is 30.9 Å². The molecule has 166 valence electrons. The van der Waals surface area contributed by atoms with E-state index < -0.39 is 0 Å². The number of nitrogens with two attached hydrogens (primary N) is 1. The van der Waals surface area contributed by atoms with Gasteiger partial charge < -0.3 is 20.7 Å². The number of hydrogen-bond donors (Lipinski definition) is 2. The molecule has 0 bridgehead atoms. The summed E-state index contributed by atoms with van der Waals surface area (Å²) in [4.78, 5) is 31.1. The predicted molar refractivity (Wildman–Crippen MR) is 123 cm³/mol. The summed E-state index contributed by atoms with van der Waals surface area (Å²) in [5.74, 6) is -0.314. The number of amides is 2. The van der Waals surface area contributed by atoms with Crippen LogP contribution in [0.2, 0.25) is 0 Å². The van der Waals surface area contributed by atoms with Gasteiger partial charge in [0.2, 0.25) is 5.91 Å². The monoisotopic (exact) mass is 432 g/mol. The molecule has 0 spiro atoms. The molecule has 0 saturated carbocycles. The van der Waals surface area contributed by atoms with Gasteiger partial charge in [0.15, 0.2) is 0 Å². The summed E-state index contributed by atoms with van der Waals surface area (Å²) in [7, 11) is 1.95. The topological polar surface area (TPSA) is 97.5 Å². The number of carbonyl (C=O) groups excluding carboxylic acids is 2. The molecule has 2 amide bonds. The van der Waals surface area contributed by atoms with Crippen molar-refractivity contribution in [1.29, 1.82) is 0 Å². The van der Waals surface area contributed by atoms with Crippen molar-refractivity contribution in [3.63, 3.8) is 0 Å². The fourth-order valence-electron chi connectivity index (χ4n) is 4.21. The van der Waals surface area contributed by atoms with E-state index in [-0.39, 0.29) is 23.8 Å². The molecule has 2 atom stereocenters. The molecule has 1 aliphatic rings. The van der Waals surface area contributed by atoms with Crippen molar-refractivity contribution in [2.45, 2.75) is 26.0 Å². The molecule has 1 saturated heterocycles. The highest BCUT2D eigenvalue weighted by Gasteiger charge is 2.32. The second-order valence-corrected chi connectivity index (χ2v) is 8.39. The third-order valence-electron chi connectivity index (χ3n) is 5.94. The SMILES string of the molecule is Cc1cc(COc2ccc(C(=O)NC3CCN(C)CC3C(N)=O)cc2)c2ccccc2n1. The number of likely N-dealkylation sites (tertiary alicyclic amines) is 1. The minimum Gasteiger partial charge on any atom is -0.489 e. The molecular formula is C25H28N4O3. The van der Waals surface area contributed by atoms with Gasteiger partial charge in [-0.1, -0.05) is 18.2 Å². The van der Waals surface area contributed by atoms with Gasteiger partial charge in [-0.05, 0) is 63.3 Å². The molecule has 4 rings (SSSR count). The van der Waals surface area contributed by atoms with E-state index >= 15 is 0 Å². The zero-order chi connectivity index (χ0) is 22.7. The maximum Gasteiger partial charge on any atom is 0.251 e. The smallest absolute Gasteiger partial charge is 0.251 e. The van der Waals surface area contributed by atoms with Gasteiger partial charge in [0.25, 0.3) is 5.91 Å². The van der Waals surface area contributed by atoms with Crippen molar-refractivity contribution in [3.8, 4) is 5.75 Å². The van der Waals surface area contributed by atoms with Crippen LogP contribution in [0.5, 0.6) is 5.75 Å². The van der Waals surface area contributed by atoms with Gasteiger partial charge in [-0.3, -0.25) is 14.6 Å². The number of fused-ring (bicyclic) bond motifs is 1. The number of para-hydroxylation sites is 1. The lowest BCUT2D eigenvalue weighted by molar-refractivity contribution is -0.124. The summed E-state index contributed by atoms with van der Waals surface area (Å²) >= 11 is 0. The minimum absolute atomic E-state index is 0.215. The average molecular weight is 433 g/mol. The van der Waals surface area contributed by atoms with Crippen LogP contribution in [0.4, 0.5) is 0 Å². The first-order valence-electron chi connectivity index (χ1n) is 10.8. The Morgan fingerprint density at radius 1 is 1.19 bits per heavy atom. The van der Waals surface area contributed by atoms with E-state index in [2.05, 4.69) is 15.2 Å². The molecule has 2 heterocycles. The van der Waals surface area contributed by atoms with Crippen molar-refractivity contribution >= 4 is 22.7 Å². The minimum atomic E-state index is -0.390. The van der Waals surface area contributed by atoms with Gasteiger partial charge in [-0.25, -0.2) is 0 Å². The van der Waals surface area contributed by atoms with Gasteiger partial charge in [-0.15, -0.1) is 0 Å². The average Bonchev–Trinajstić information content (AvgIpc) is 2.78. The molecule has 32 heavy (non-hydrogen) atoms. The van der Waals surface area contributed by atoms with Gasteiger partial charge >= 0.3 is 0 Å². The van der Waals surface area contributed by atoms with Crippen molar-refractivity contribution in [2.75, 3.05) is 20.1 Å². The fourth-order valence-corrected chi connectivity index (χ4v) is 4.21. The van der Waals surface area contributed by atoms with Crippen LogP contribution in [-0.4, -0.2) is 47.9 Å². The number of hydrogen-bond acceptors (Lipinski definition) is 5. The summed E-state index contributed by atoms with van der Waals surface area (Å²) < 4.78 is 5.97. The number of aromatic nitrogens is 1. The Balaban J connectivity index is 1.40. The molecule has 1 aliphatic heterocycles. The summed E-state index contributed by atoms with van der Waals surface area (Å²) in [5, 5.41) is 4.04. The maximum atomic E-state index is 12.7. The number of pyridine rings is 1. The number of carbonyl (C=O) groups is 2. The van der Waals surface area contributed by atoms with Crippen LogP contribution in [0.1, 0.15) is 28.0 Å². The quantitative estimate of drug-likeness (QED) is 0.624. The van der Waals surface area contributed by atoms with E-state index in [9.17, 15) is 9.59 Å². The van der Waals surface area contributed by atoms with E-state index in [0.717, 1.165) is 28.7 Å². The lowest BCUT2D eigenvalue weighted by Crippen LogP contribution is -2.54. The Bertz CT molecular complexity index is 1130. The van der Waals surface area contributed by atoms with Gasteiger partial charge in [-0.2, -0.15) is 0 Å². The summed E-state index contributed by atoms with van der Waals surface area (Å²) in [5.41, 5.74) is 9.01. The zero-order valence-corrected chi connectivity index (χ0v) is 18.4. The highest BCUT2D eigenvalue weighted by atomic mass is 16.5. The summed E-state index contributed by atoms with van der Waals surface area (Å²) in [6.45, 7) is 3.74. The second-order valence-electron chi connectivity index (χ2n) is 8.39. The number of ether oxygens (including phenoxy) is 1. The first-order chi connectivity index (χ1) is 15.4. The molecule has 1 fully saturated rings. The van der Waals surface area contributed by atoms with Crippen LogP contribution in [0, 0.1) is 12.8 Å². The number of benzene rings is 2. The first kappa shape index (κ1) is 21.8. The molecule has 7 nitrogen and oxygen atoms in total. The van der Waals surface area contributed by atoms with E-state index in [4.69, 9.17) is 10.5 Å². The van der Waals surface area contributed by atoms with Crippen LogP contribution in [0.15, 0.2) is 54.6 Å². The number of nitrogens with one attached hydrogen (secondary N) is 1. The summed E-state index contributed by atoms with van der Waals surface area (Å²) in [6.07, 6.45) is 0.691. The van der Waals surface area contributed by atoms with Gasteiger partial charge in [0.1, 0.15) is 12.4 Å². The normalized spacial score (nSPS) is 18.9. The highest BCUT2D eigenvalue weighted by Crippen LogP contribution is 2.21. The molecule has 7 heteroatoms. The number of primary amides is 1. The highest BCUT2D eigenvalue weighted by molar-refractivity contribution is 5.95. The first-order valence-corrected chi connectivity index (χ1v) is 10.8. The van der Waals surface area contributed by atoms with Gasteiger partial charge in [0, 0.05) is 34.8 Å². The molecule has 0 aliphatic carbocycles. The Morgan fingerprint density at radius 3 is 2.69 bits per heavy atom. The number of aryl methyl sites for hydroxylation is 1. The standard InChI is InChI=1S/C25H28N4O3/c1-16-13-18(20-5-3-4-6-22(20)27-16)15-32-19-9-7-17(8-10-19)25(31)28-23-11-12-29(2)14-21(23)24(26)30/h3-10,13,21,23H,11-12,14-15H2,1-2H3,(H2,26,30)(H,28,31). The Labute approximate surface area is 187 Å². The van der Waals surface area contributed by atoms with Crippen LogP contribution >= 0.6 is 0 Å². The van der Waals surface area contributed by atoms with Crippen LogP contribution in [0.3, 0.4) is 0 Å². The van der Waals surface area contributed by atoms with Crippen molar-refractivity contribution in [1.82, 2.24) is 15.2 Å². The molecular weight excluding hydrogens is 404 g/mol. The molecule has 2 aromatic carbocycles. The van der Waals surface area contributed by atoms with Crippen molar-refractivity contribution in [2.24, 2.45) is 11.7 Å². The van der Waals surface area contributed by atoms with E-state index in [1.807, 2.05) is 44.3 Å². The second kappa shape index (κ2) is 9.36. The van der Waals surface area contributed by atoms with Crippen LogP contribution in [-0.2, 0) is 11.4 Å². The van der Waals surface area contributed by atoms with Crippen LogP contribution < -0.4 is 15.8 Å². The zero-order valence-electron chi connectivity index (χ0n) is 18.4. The largest absolute Gasteiger partial charge is 0.489 e. The maximum absolute atomic E-state index is 12.7. The Hall–Kier alpha value is -3.45. The Morgan fingerprint density at radius 2 is 1.94 bits per heavy atom.